The van der Waals surface area contributed by atoms with E-state index in [0.29, 0.717) is 6.54 Å². The van der Waals surface area contributed by atoms with Crippen LogP contribution < -0.4 is 5.32 Å². The number of carbonyl (C=O) groups excluding carboxylic acids is 1. The molecule has 4 nitrogen and oxygen atoms in total. The smallest absolute Gasteiger partial charge is 0.307 e. The van der Waals surface area contributed by atoms with Gasteiger partial charge in [-0.05, 0) is 43.6 Å². The van der Waals surface area contributed by atoms with Crippen LogP contribution in [0.3, 0.4) is 0 Å². The number of carboxylic acid groups (broad SMARTS) is 1. The third-order valence-corrected chi connectivity index (χ3v) is 5.09. The van der Waals surface area contributed by atoms with Gasteiger partial charge in [0.1, 0.15) is 0 Å². The molecule has 2 bridgehead atoms. The number of carbonyl (C=O) groups is 2. The van der Waals surface area contributed by atoms with E-state index in [1.165, 1.54) is 5.56 Å². The summed E-state index contributed by atoms with van der Waals surface area (Å²) in [6.07, 6.45) is 2.86. The number of hydrogen-bond donors (Lipinski definition) is 2. The first-order valence-corrected chi connectivity index (χ1v) is 7.62. The molecule has 0 aliphatic heterocycles. The van der Waals surface area contributed by atoms with Gasteiger partial charge in [0.15, 0.2) is 0 Å². The van der Waals surface area contributed by atoms with Crippen molar-refractivity contribution >= 4 is 11.9 Å². The Labute approximate surface area is 124 Å². The van der Waals surface area contributed by atoms with E-state index < -0.39 is 11.9 Å². The molecule has 2 N–H and O–H groups in total. The van der Waals surface area contributed by atoms with Crippen LogP contribution in [-0.4, -0.2) is 17.0 Å². The lowest BCUT2D eigenvalue weighted by Crippen LogP contribution is -2.41. The van der Waals surface area contributed by atoms with Crippen molar-refractivity contribution in [1.29, 1.82) is 0 Å². The van der Waals surface area contributed by atoms with Gasteiger partial charge < -0.3 is 10.4 Å². The Morgan fingerprint density at radius 3 is 2.38 bits per heavy atom. The highest BCUT2D eigenvalue weighted by Gasteiger charge is 2.53. The van der Waals surface area contributed by atoms with Gasteiger partial charge in [0, 0.05) is 6.54 Å². The molecule has 1 aromatic carbocycles. The molecule has 2 fully saturated rings. The molecule has 4 atom stereocenters. The highest BCUT2D eigenvalue weighted by atomic mass is 16.4. The van der Waals surface area contributed by atoms with Crippen LogP contribution in [-0.2, 0) is 16.1 Å². The maximum Gasteiger partial charge on any atom is 0.307 e. The molecule has 21 heavy (non-hydrogen) atoms. The first kappa shape index (κ1) is 14.1. The van der Waals surface area contributed by atoms with Gasteiger partial charge in [0.2, 0.25) is 5.91 Å². The van der Waals surface area contributed by atoms with Crippen molar-refractivity contribution in [2.75, 3.05) is 0 Å². The lowest BCUT2D eigenvalue weighted by atomic mass is 9.78. The Bertz CT molecular complexity index is 552. The molecule has 0 heterocycles. The van der Waals surface area contributed by atoms with E-state index in [1.807, 2.05) is 31.2 Å². The van der Waals surface area contributed by atoms with Crippen LogP contribution in [0.15, 0.2) is 24.3 Å². The second-order valence-electron chi connectivity index (χ2n) is 6.43. The minimum absolute atomic E-state index is 0.0878. The van der Waals surface area contributed by atoms with Gasteiger partial charge in [-0.15, -0.1) is 0 Å². The molecule has 112 valence electrons. The predicted molar refractivity (Wildman–Crippen MR) is 78.5 cm³/mol. The summed E-state index contributed by atoms with van der Waals surface area (Å²) in [5.74, 6) is -1.27. The SMILES string of the molecule is Cc1ccc(CNC(=O)[C@H]2[C@@H]3CC[C@@H](C3)[C@@H]2C(=O)O)cc1. The summed E-state index contributed by atoms with van der Waals surface area (Å²) >= 11 is 0. The maximum atomic E-state index is 12.4. The van der Waals surface area contributed by atoms with Crippen LogP contribution in [0, 0.1) is 30.6 Å². The minimum Gasteiger partial charge on any atom is -0.481 e. The van der Waals surface area contributed by atoms with Gasteiger partial charge in [0.25, 0.3) is 0 Å². The van der Waals surface area contributed by atoms with Crippen LogP contribution in [0.4, 0.5) is 0 Å². The average molecular weight is 287 g/mol. The second-order valence-corrected chi connectivity index (χ2v) is 6.43. The summed E-state index contributed by atoms with van der Waals surface area (Å²) in [7, 11) is 0. The van der Waals surface area contributed by atoms with Gasteiger partial charge in [-0.2, -0.15) is 0 Å². The zero-order valence-corrected chi connectivity index (χ0v) is 12.2. The van der Waals surface area contributed by atoms with Crippen LogP contribution in [0.5, 0.6) is 0 Å². The Morgan fingerprint density at radius 2 is 1.76 bits per heavy atom. The first-order valence-electron chi connectivity index (χ1n) is 7.62. The number of hydrogen-bond acceptors (Lipinski definition) is 2. The molecule has 2 aliphatic carbocycles. The highest BCUT2D eigenvalue weighted by Crippen LogP contribution is 2.52. The Hall–Kier alpha value is -1.84. The number of aryl methyl sites for hydroxylation is 1. The molecule has 0 radical (unpaired) electrons. The van der Waals surface area contributed by atoms with Crippen molar-refractivity contribution in [3.05, 3.63) is 35.4 Å². The summed E-state index contributed by atoms with van der Waals surface area (Å²) in [4.78, 5) is 23.9. The Kier molecular flexibility index (Phi) is 3.70. The van der Waals surface area contributed by atoms with E-state index in [-0.39, 0.29) is 23.7 Å². The average Bonchev–Trinajstić information content (AvgIpc) is 3.06. The molecule has 4 heteroatoms. The fourth-order valence-electron chi connectivity index (χ4n) is 4.04. The monoisotopic (exact) mass is 287 g/mol. The number of fused-ring (bicyclic) bond motifs is 2. The zero-order valence-electron chi connectivity index (χ0n) is 12.2. The maximum absolute atomic E-state index is 12.4. The van der Waals surface area contributed by atoms with Crippen molar-refractivity contribution in [2.24, 2.45) is 23.7 Å². The van der Waals surface area contributed by atoms with Gasteiger partial charge in [-0.3, -0.25) is 9.59 Å². The van der Waals surface area contributed by atoms with E-state index in [4.69, 9.17) is 0 Å². The largest absolute Gasteiger partial charge is 0.481 e. The molecule has 0 unspecified atom stereocenters. The number of benzene rings is 1. The lowest BCUT2D eigenvalue weighted by Gasteiger charge is -2.27. The van der Waals surface area contributed by atoms with E-state index >= 15 is 0 Å². The van der Waals surface area contributed by atoms with Crippen LogP contribution >= 0.6 is 0 Å². The Morgan fingerprint density at radius 1 is 1.14 bits per heavy atom. The van der Waals surface area contributed by atoms with E-state index in [0.717, 1.165) is 24.8 Å². The fraction of sp³-hybridized carbons (Fsp3) is 0.529. The first-order chi connectivity index (χ1) is 10.1. The van der Waals surface area contributed by atoms with Crippen molar-refractivity contribution < 1.29 is 14.7 Å². The standard InChI is InChI=1S/C17H21NO3/c1-10-2-4-11(5-3-10)9-18-16(19)14-12-6-7-13(8-12)15(14)17(20)21/h2-5,12-15H,6-9H2,1H3,(H,18,19)(H,20,21)/t12-,13+,14+,15+/m1/s1. The van der Waals surface area contributed by atoms with Gasteiger partial charge in [-0.1, -0.05) is 29.8 Å². The van der Waals surface area contributed by atoms with E-state index in [9.17, 15) is 14.7 Å². The molecule has 2 aliphatic rings. The zero-order chi connectivity index (χ0) is 15.0. The number of rotatable bonds is 4. The Balaban J connectivity index is 1.64. The summed E-state index contributed by atoms with van der Waals surface area (Å²) in [6, 6.07) is 8.01. The quantitative estimate of drug-likeness (QED) is 0.893. The van der Waals surface area contributed by atoms with Crippen LogP contribution in [0.25, 0.3) is 0 Å². The third-order valence-electron chi connectivity index (χ3n) is 5.09. The molecule has 2 saturated carbocycles. The van der Waals surface area contributed by atoms with Gasteiger partial charge in [-0.25, -0.2) is 0 Å². The number of aliphatic carboxylic acids is 1. The normalized spacial score (nSPS) is 30.3. The van der Waals surface area contributed by atoms with E-state index in [1.54, 1.807) is 0 Å². The van der Waals surface area contributed by atoms with Gasteiger partial charge >= 0.3 is 5.97 Å². The molecule has 1 aromatic rings. The predicted octanol–water partition coefficient (Wildman–Crippen LogP) is 2.36. The summed E-state index contributed by atoms with van der Waals surface area (Å²) in [6.45, 7) is 2.49. The third kappa shape index (κ3) is 2.67. The molecule has 3 rings (SSSR count). The topological polar surface area (TPSA) is 66.4 Å². The molecule has 0 spiro atoms. The molecule has 1 amide bonds. The number of nitrogens with one attached hydrogen (secondary N) is 1. The lowest BCUT2D eigenvalue weighted by molar-refractivity contribution is -0.149. The van der Waals surface area contributed by atoms with Crippen LogP contribution in [0.2, 0.25) is 0 Å². The van der Waals surface area contributed by atoms with Crippen molar-refractivity contribution in [1.82, 2.24) is 5.32 Å². The van der Waals surface area contributed by atoms with Gasteiger partial charge in [0.05, 0.1) is 11.8 Å². The van der Waals surface area contributed by atoms with Crippen molar-refractivity contribution in [3.8, 4) is 0 Å². The fourth-order valence-corrected chi connectivity index (χ4v) is 4.04. The van der Waals surface area contributed by atoms with Crippen LogP contribution in [0.1, 0.15) is 30.4 Å². The van der Waals surface area contributed by atoms with Crippen molar-refractivity contribution in [2.45, 2.75) is 32.7 Å². The minimum atomic E-state index is -0.808. The molecular formula is C17H21NO3. The van der Waals surface area contributed by atoms with E-state index in [2.05, 4.69) is 5.32 Å². The molecule has 0 aromatic heterocycles. The van der Waals surface area contributed by atoms with Crippen molar-refractivity contribution in [3.63, 3.8) is 0 Å². The summed E-state index contributed by atoms with van der Waals surface area (Å²) in [5, 5.41) is 12.3. The highest BCUT2D eigenvalue weighted by molar-refractivity contribution is 5.86. The summed E-state index contributed by atoms with van der Waals surface area (Å²) < 4.78 is 0. The number of carboxylic acids is 1. The number of amides is 1. The second kappa shape index (κ2) is 5.51. The molecule has 0 saturated heterocycles. The summed E-state index contributed by atoms with van der Waals surface area (Å²) in [5.41, 5.74) is 2.23. The molecular weight excluding hydrogens is 266 g/mol.